The summed E-state index contributed by atoms with van der Waals surface area (Å²) in [5, 5.41) is 0. The molecule has 0 aliphatic heterocycles. The van der Waals surface area contributed by atoms with E-state index < -0.39 is 11.6 Å². The van der Waals surface area contributed by atoms with Crippen LogP contribution in [0.25, 0.3) is 0 Å². The smallest absolute Gasteiger partial charge is 0.229 e. The lowest BCUT2D eigenvalue weighted by Gasteiger charge is -2.21. The fourth-order valence-corrected chi connectivity index (χ4v) is 1.76. The topological polar surface area (TPSA) is 20.3 Å². The van der Waals surface area contributed by atoms with Gasteiger partial charge in [0, 0.05) is 19.0 Å². The molecule has 1 rings (SSSR count). The van der Waals surface area contributed by atoms with Crippen LogP contribution in [-0.2, 0) is 4.79 Å². The fraction of sp³-hybridized carbons (Fsp3) is 0.462. The quantitative estimate of drug-likeness (QED) is 0.791. The van der Waals surface area contributed by atoms with Crippen LogP contribution in [0.15, 0.2) is 18.2 Å². The molecule has 1 atom stereocenters. The molecule has 1 amide bonds. The minimum Gasteiger partial charge on any atom is -0.313 e. The number of hydrogen-bond acceptors (Lipinski definition) is 1. The van der Waals surface area contributed by atoms with E-state index in [1.807, 2.05) is 13.8 Å². The van der Waals surface area contributed by atoms with Gasteiger partial charge in [-0.1, -0.05) is 20.3 Å². The van der Waals surface area contributed by atoms with Crippen molar-refractivity contribution in [3.05, 3.63) is 29.8 Å². The van der Waals surface area contributed by atoms with Crippen LogP contribution in [0.2, 0.25) is 0 Å². The van der Waals surface area contributed by atoms with Crippen molar-refractivity contribution >= 4 is 11.6 Å². The van der Waals surface area contributed by atoms with Crippen molar-refractivity contribution in [3.8, 4) is 0 Å². The highest BCUT2D eigenvalue weighted by atomic mass is 19.1. The molecule has 0 aromatic heterocycles. The number of amides is 1. The summed E-state index contributed by atoms with van der Waals surface area (Å²) in [7, 11) is 1.50. The Morgan fingerprint density at radius 1 is 1.41 bits per heavy atom. The average Bonchev–Trinajstić information content (AvgIpc) is 2.27. The largest absolute Gasteiger partial charge is 0.313 e. The van der Waals surface area contributed by atoms with E-state index in [9.17, 15) is 13.6 Å². The molecule has 2 nitrogen and oxygen atoms in total. The first kappa shape index (κ1) is 13.6. The van der Waals surface area contributed by atoms with E-state index in [-0.39, 0.29) is 17.5 Å². The predicted octanol–water partition coefficient (Wildman–Crippen LogP) is 3.36. The highest BCUT2D eigenvalue weighted by Gasteiger charge is 2.20. The molecule has 94 valence electrons. The third-order valence-corrected chi connectivity index (χ3v) is 2.74. The second-order valence-corrected chi connectivity index (χ2v) is 4.18. The van der Waals surface area contributed by atoms with Crippen molar-refractivity contribution in [2.75, 3.05) is 11.9 Å². The number of benzene rings is 1. The number of hydrogen-bond donors (Lipinski definition) is 0. The van der Waals surface area contributed by atoms with E-state index in [1.165, 1.54) is 18.0 Å². The summed E-state index contributed by atoms with van der Waals surface area (Å²) in [6, 6.07) is 3.21. The Morgan fingerprint density at radius 3 is 2.59 bits per heavy atom. The number of anilines is 1. The maximum absolute atomic E-state index is 13.5. The van der Waals surface area contributed by atoms with Gasteiger partial charge in [0.05, 0.1) is 5.69 Å². The summed E-state index contributed by atoms with van der Waals surface area (Å²) in [4.78, 5) is 13.2. The van der Waals surface area contributed by atoms with Gasteiger partial charge in [-0.05, 0) is 18.6 Å². The Balaban J connectivity index is 2.88. The minimum absolute atomic E-state index is 0.111. The van der Waals surface area contributed by atoms with Crippen LogP contribution in [0.4, 0.5) is 14.5 Å². The molecule has 0 aliphatic rings. The highest BCUT2D eigenvalue weighted by Crippen LogP contribution is 2.21. The van der Waals surface area contributed by atoms with Crippen LogP contribution < -0.4 is 4.90 Å². The van der Waals surface area contributed by atoms with E-state index in [2.05, 4.69) is 0 Å². The van der Waals surface area contributed by atoms with Crippen molar-refractivity contribution in [2.45, 2.75) is 26.7 Å². The second-order valence-electron chi connectivity index (χ2n) is 4.18. The molecule has 1 unspecified atom stereocenters. The standard InChI is InChI=1S/C13H17F2NO/c1-4-5-9(2)13(17)16(3)12-7-6-10(14)8-11(12)15/h6-9H,4-5H2,1-3H3. The first-order valence-electron chi connectivity index (χ1n) is 5.70. The van der Waals surface area contributed by atoms with Crippen LogP contribution >= 0.6 is 0 Å². The Morgan fingerprint density at radius 2 is 2.06 bits per heavy atom. The lowest BCUT2D eigenvalue weighted by Crippen LogP contribution is -2.32. The van der Waals surface area contributed by atoms with Crippen LogP contribution in [0.1, 0.15) is 26.7 Å². The summed E-state index contributed by atoms with van der Waals surface area (Å²) in [6.45, 7) is 3.80. The Kier molecular flexibility index (Phi) is 4.61. The molecule has 0 radical (unpaired) electrons. The number of halogens is 2. The third-order valence-electron chi connectivity index (χ3n) is 2.74. The van der Waals surface area contributed by atoms with Crippen LogP contribution in [0.3, 0.4) is 0 Å². The minimum atomic E-state index is -0.718. The molecule has 0 bridgehead atoms. The third kappa shape index (κ3) is 3.25. The summed E-state index contributed by atoms with van der Waals surface area (Å²) in [5.41, 5.74) is 0.111. The van der Waals surface area contributed by atoms with E-state index in [0.29, 0.717) is 0 Å². The molecule has 17 heavy (non-hydrogen) atoms. The number of carbonyl (C=O) groups excluding carboxylic acids is 1. The molecule has 1 aromatic carbocycles. The Labute approximate surface area is 100 Å². The van der Waals surface area contributed by atoms with Crippen LogP contribution in [-0.4, -0.2) is 13.0 Å². The van der Waals surface area contributed by atoms with Gasteiger partial charge in [-0.2, -0.15) is 0 Å². The van der Waals surface area contributed by atoms with Gasteiger partial charge in [0.15, 0.2) is 0 Å². The zero-order valence-corrected chi connectivity index (χ0v) is 10.3. The van der Waals surface area contributed by atoms with Crippen molar-refractivity contribution in [1.82, 2.24) is 0 Å². The lowest BCUT2D eigenvalue weighted by molar-refractivity contribution is -0.121. The fourth-order valence-electron chi connectivity index (χ4n) is 1.76. The van der Waals surface area contributed by atoms with Crippen LogP contribution in [0.5, 0.6) is 0 Å². The van der Waals surface area contributed by atoms with Gasteiger partial charge in [-0.25, -0.2) is 8.78 Å². The number of rotatable bonds is 4. The molecule has 4 heteroatoms. The van der Waals surface area contributed by atoms with Crippen molar-refractivity contribution in [2.24, 2.45) is 5.92 Å². The van der Waals surface area contributed by atoms with E-state index in [0.717, 1.165) is 25.0 Å². The van der Waals surface area contributed by atoms with Crippen LogP contribution in [0, 0.1) is 17.6 Å². The monoisotopic (exact) mass is 241 g/mol. The summed E-state index contributed by atoms with van der Waals surface area (Å²) >= 11 is 0. The van der Waals surface area contributed by atoms with Gasteiger partial charge in [0.2, 0.25) is 5.91 Å². The van der Waals surface area contributed by atoms with Crippen molar-refractivity contribution in [1.29, 1.82) is 0 Å². The zero-order valence-electron chi connectivity index (χ0n) is 10.3. The van der Waals surface area contributed by atoms with Gasteiger partial charge in [-0.15, -0.1) is 0 Å². The van der Waals surface area contributed by atoms with Gasteiger partial charge >= 0.3 is 0 Å². The molecule has 0 spiro atoms. The van der Waals surface area contributed by atoms with Gasteiger partial charge in [0.1, 0.15) is 11.6 Å². The molecule has 0 saturated heterocycles. The summed E-state index contributed by atoms with van der Waals surface area (Å²) in [5.74, 6) is -1.68. The predicted molar refractivity (Wildman–Crippen MR) is 63.8 cm³/mol. The molecule has 1 aromatic rings. The van der Waals surface area contributed by atoms with Crippen molar-refractivity contribution < 1.29 is 13.6 Å². The number of carbonyl (C=O) groups is 1. The molecule has 0 saturated carbocycles. The van der Waals surface area contributed by atoms with Gasteiger partial charge < -0.3 is 4.90 Å². The molecule has 0 N–H and O–H groups in total. The maximum Gasteiger partial charge on any atom is 0.229 e. The molecular weight excluding hydrogens is 224 g/mol. The Bertz CT molecular complexity index is 406. The normalized spacial score (nSPS) is 12.3. The first-order valence-corrected chi connectivity index (χ1v) is 5.70. The van der Waals surface area contributed by atoms with E-state index >= 15 is 0 Å². The summed E-state index contributed by atoms with van der Waals surface area (Å²) in [6.07, 6.45) is 1.65. The van der Waals surface area contributed by atoms with Gasteiger partial charge in [0.25, 0.3) is 0 Å². The average molecular weight is 241 g/mol. The Hall–Kier alpha value is -1.45. The highest BCUT2D eigenvalue weighted by molar-refractivity contribution is 5.94. The molecule has 0 aliphatic carbocycles. The van der Waals surface area contributed by atoms with Crippen molar-refractivity contribution in [3.63, 3.8) is 0 Å². The SMILES string of the molecule is CCCC(C)C(=O)N(C)c1ccc(F)cc1F. The van der Waals surface area contributed by atoms with Gasteiger partial charge in [-0.3, -0.25) is 4.79 Å². The molecule has 0 heterocycles. The zero-order chi connectivity index (χ0) is 13.0. The lowest BCUT2D eigenvalue weighted by atomic mass is 10.0. The molecule has 0 fully saturated rings. The summed E-state index contributed by atoms with van der Waals surface area (Å²) < 4.78 is 26.2. The maximum atomic E-state index is 13.5. The van der Waals surface area contributed by atoms with E-state index in [4.69, 9.17) is 0 Å². The van der Waals surface area contributed by atoms with E-state index in [1.54, 1.807) is 0 Å². The molecular formula is C13H17F2NO. The number of nitrogens with zero attached hydrogens (tertiary/aromatic N) is 1. The second kappa shape index (κ2) is 5.75. The first-order chi connectivity index (χ1) is 7.97.